The Morgan fingerprint density at radius 3 is 2.59 bits per heavy atom. The summed E-state index contributed by atoms with van der Waals surface area (Å²) in [5.41, 5.74) is 0.581. The van der Waals surface area contributed by atoms with Gasteiger partial charge in [-0.2, -0.15) is 0 Å². The van der Waals surface area contributed by atoms with E-state index in [-0.39, 0.29) is 5.56 Å². The molecule has 1 saturated carbocycles. The van der Waals surface area contributed by atoms with Gasteiger partial charge in [-0.15, -0.1) is 0 Å². The fourth-order valence-corrected chi connectivity index (χ4v) is 3.89. The number of benzene rings is 1. The first-order valence-electron chi connectivity index (χ1n) is 9.73. The third-order valence-corrected chi connectivity index (χ3v) is 5.35. The molecule has 0 radical (unpaired) electrons. The molecular weight excluding hydrogens is 372 g/mol. The fourth-order valence-electron chi connectivity index (χ4n) is 3.89. The van der Waals surface area contributed by atoms with Crippen molar-refractivity contribution in [1.29, 1.82) is 0 Å². The average Bonchev–Trinajstić information content (AvgIpc) is 3.36. The van der Waals surface area contributed by atoms with Crippen LogP contribution < -0.4 is 20.3 Å². The number of ether oxygens (including phenoxy) is 2. The van der Waals surface area contributed by atoms with Crippen molar-refractivity contribution in [2.45, 2.75) is 37.9 Å². The molecule has 0 unspecified atom stereocenters. The quantitative estimate of drug-likeness (QED) is 0.692. The van der Waals surface area contributed by atoms with Crippen LogP contribution in [0.2, 0.25) is 0 Å². The molecule has 7 nitrogen and oxygen atoms in total. The van der Waals surface area contributed by atoms with Crippen LogP contribution in [0.15, 0.2) is 57.9 Å². The van der Waals surface area contributed by atoms with Gasteiger partial charge >= 0.3 is 0 Å². The Hall–Kier alpha value is -3.48. The summed E-state index contributed by atoms with van der Waals surface area (Å²) >= 11 is 0. The van der Waals surface area contributed by atoms with Gasteiger partial charge in [-0.3, -0.25) is 9.59 Å². The Kier molecular flexibility index (Phi) is 4.16. The van der Waals surface area contributed by atoms with Crippen molar-refractivity contribution in [1.82, 2.24) is 4.98 Å². The van der Waals surface area contributed by atoms with Gasteiger partial charge in [-0.05, 0) is 49.2 Å². The molecule has 0 bridgehead atoms. The van der Waals surface area contributed by atoms with Crippen LogP contribution in [-0.4, -0.2) is 16.7 Å². The molecule has 29 heavy (non-hydrogen) atoms. The Balaban J connectivity index is 1.33. The van der Waals surface area contributed by atoms with E-state index in [2.05, 4.69) is 10.3 Å². The number of carbonyl (C=O) groups excluding carboxylic acids is 1. The number of amides is 1. The van der Waals surface area contributed by atoms with Gasteiger partial charge in [0.2, 0.25) is 0 Å². The molecule has 3 aromatic rings. The minimum absolute atomic E-state index is 0.0155. The Bertz CT molecular complexity index is 1110. The molecule has 1 spiro atoms. The summed E-state index contributed by atoms with van der Waals surface area (Å²) in [5, 5.41) is 2.76. The summed E-state index contributed by atoms with van der Waals surface area (Å²) in [4.78, 5) is 27.6. The van der Waals surface area contributed by atoms with E-state index in [0.717, 1.165) is 25.7 Å². The lowest BCUT2D eigenvalue weighted by Gasteiger charge is -2.31. The van der Waals surface area contributed by atoms with E-state index in [0.29, 0.717) is 28.6 Å². The number of H-pyrrole nitrogens is 1. The van der Waals surface area contributed by atoms with E-state index in [1.54, 1.807) is 36.4 Å². The zero-order chi connectivity index (χ0) is 19.8. The van der Waals surface area contributed by atoms with Crippen LogP contribution in [0.3, 0.4) is 0 Å². The highest BCUT2D eigenvalue weighted by atomic mass is 16.7. The lowest BCUT2D eigenvalue weighted by molar-refractivity contribution is -0.105. The molecule has 2 N–H and O–H groups in total. The molecule has 3 heterocycles. The van der Waals surface area contributed by atoms with E-state index in [9.17, 15) is 9.59 Å². The molecule has 1 aromatic carbocycles. The molecule has 1 aliphatic carbocycles. The molecule has 2 aromatic heterocycles. The van der Waals surface area contributed by atoms with Crippen LogP contribution in [0.1, 0.15) is 42.5 Å². The SMILES string of the molecule is O=C(Nc1ccc2c(c1)OC1(CCCCC1)O2)c1ccc(-c2ccco2)[nH]c1=O. The number of anilines is 1. The molecule has 1 fully saturated rings. The van der Waals surface area contributed by atoms with Crippen LogP contribution >= 0.6 is 0 Å². The molecule has 1 amide bonds. The topological polar surface area (TPSA) is 93.6 Å². The summed E-state index contributed by atoms with van der Waals surface area (Å²) in [6.07, 6.45) is 6.59. The van der Waals surface area contributed by atoms with Gasteiger partial charge in [0, 0.05) is 24.6 Å². The average molecular weight is 392 g/mol. The van der Waals surface area contributed by atoms with Gasteiger partial charge in [-0.1, -0.05) is 6.42 Å². The first-order chi connectivity index (χ1) is 14.1. The van der Waals surface area contributed by atoms with Gasteiger partial charge < -0.3 is 24.2 Å². The highest BCUT2D eigenvalue weighted by Gasteiger charge is 2.42. The standard InChI is InChI=1S/C22H20N2O5/c25-20(15-7-8-16(24-21(15)26)17-5-4-12-27-17)23-14-6-9-18-19(13-14)29-22(28-18)10-2-1-3-11-22/h4-9,12-13H,1-3,10-11H2,(H,23,25)(H,24,26). The normalized spacial score (nSPS) is 16.7. The largest absolute Gasteiger partial charge is 0.463 e. The summed E-state index contributed by atoms with van der Waals surface area (Å²) in [6.45, 7) is 0. The van der Waals surface area contributed by atoms with E-state index in [1.807, 2.05) is 0 Å². The number of hydrogen-bond acceptors (Lipinski definition) is 5. The van der Waals surface area contributed by atoms with E-state index < -0.39 is 17.3 Å². The molecule has 2 aliphatic rings. The van der Waals surface area contributed by atoms with Gasteiger partial charge in [0.15, 0.2) is 11.5 Å². The molecule has 148 valence electrons. The van der Waals surface area contributed by atoms with Crippen molar-refractivity contribution in [3.63, 3.8) is 0 Å². The Morgan fingerprint density at radius 2 is 1.83 bits per heavy atom. The second-order valence-corrected chi connectivity index (χ2v) is 7.38. The van der Waals surface area contributed by atoms with Crippen molar-refractivity contribution < 1.29 is 18.7 Å². The number of carbonyl (C=O) groups is 1. The van der Waals surface area contributed by atoms with E-state index in [4.69, 9.17) is 13.9 Å². The molecule has 0 atom stereocenters. The monoisotopic (exact) mass is 392 g/mol. The minimum atomic E-state index is -0.567. The molecular formula is C22H20N2O5. The zero-order valence-corrected chi connectivity index (χ0v) is 15.7. The third-order valence-electron chi connectivity index (χ3n) is 5.35. The van der Waals surface area contributed by atoms with Crippen molar-refractivity contribution >= 4 is 11.6 Å². The highest BCUT2D eigenvalue weighted by molar-refractivity contribution is 6.04. The maximum atomic E-state index is 12.6. The number of hydrogen-bond donors (Lipinski definition) is 2. The van der Waals surface area contributed by atoms with Gasteiger partial charge in [0.05, 0.1) is 12.0 Å². The minimum Gasteiger partial charge on any atom is -0.463 e. The number of pyridine rings is 1. The van der Waals surface area contributed by atoms with E-state index in [1.165, 1.54) is 18.8 Å². The summed E-state index contributed by atoms with van der Waals surface area (Å²) in [5.74, 6) is 0.768. The zero-order valence-electron chi connectivity index (χ0n) is 15.7. The van der Waals surface area contributed by atoms with Gasteiger partial charge in [0.25, 0.3) is 17.3 Å². The maximum Gasteiger partial charge on any atom is 0.261 e. The number of furan rings is 1. The summed E-state index contributed by atoms with van der Waals surface area (Å²) in [6, 6.07) is 11.9. The number of aromatic nitrogens is 1. The fraction of sp³-hybridized carbons (Fsp3) is 0.273. The Labute approximate surface area is 166 Å². The smallest absolute Gasteiger partial charge is 0.261 e. The summed E-state index contributed by atoms with van der Waals surface area (Å²) < 4.78 is 17.4. The van der Waals surface area contributed by atoms with Crippen LogP contribution in [0.4, 0.5) is 5.69 Å². The number of nitrogens with one attached hydrogen (secondary N) is 2. The number of fused-ring (bicyclic) bond motifs is 1. The highest BCUT2D eigenvalue weighted by Crippen LogP contribution is 2.46. The third kappa shape index (κ3) is 3.29. The number of rotatable bonds is 3. The maximum absolute atomic E-state index is 12.6. The Morgan fingerprint density at radius 1 is 1.00 bits per heavy atom. The van der Waals surface area contributed by atoms with Crippen LogP contribution in [-0.2, 0) is 0 Å². The molecule has 5 rings (SSSR count). The second-order valence-electron chi connectivity index (χ2n) is 7.38. The first kappa shape index (κ1) is 17.6. The summed E-state index contributed by atoms with van der Waals surface area (Å²) in [7, 11) is 0. The first-order valence-corrected chi connectivity index (χ1v) is 9.73. The predicted molar refractivity (Wildman–Crippen MR) is 106 cm³/mol. The van der Waals surface area contributed by atoms with Crippen LogP contribution in [0, 0.1) is 0 Å². The van der Waals surface area contributed by atoms with Crippen LogP contribution in [0.5, 0.6) is 11.5 Å². The van der Waals surface area contributed by atoms with Gasteiger partial charge in [0.1, 0.15) is 11.3 Å². The van der Waals surface area contributed by atoms with Crippen molar-refractivity contribution in [2.24, 2.45) is 0 Å². The number of aromatic amines is 1. The molecule has 1 aliphatic heterocycles. The van der Waals surface area contributed by atoms with Crippen molar-refractivity contribution in [3.8, 4) is 23.0 Å². The predicted octanol–water partition coefficient (Wildman–Crippen LogP) is 4.32. The van der Waals surface area contributed by atoms with Gasteiger partial charge in [-0.25, -0.2) is 0 Å². The van der Waals surface area contributed by atoms with E-state index >= 15 is 0 Å². The lowest BCUT2D eigenvalue weighted by atomic mass is 9.94. The van der Waals surface area contributed by atoms with Crippen molar-refractivity contribution in [2.75, 3.05) is 5.32 Å². The van der Waals surface area contributed by atoms with Crippen molar-refractivity contribution in [3.05, 3.63) is 64.6 Å². The molecule has 7 heteroatoms. The van der Waals surface area contributed by atoms with Crippen LogP contribution in [0.25, 0.3) is 11.5 Å². The second kappa shape index (κ2) is 6.84. The molecule has 0 saturated heterocycles. The lowest BCUT2D eigenvalue weighted by Crippen LogP contribution is -2.40.